The molecule has 56 heavy (non-hydrogen) atoms. The van der Waals surface area contributed by atoms with Crippen LogP contribution in [-0.4, -0.2) is 113 Å². The molecule has 0 fully saturated rings. The summed E-state index contributed by atoms with van der Waals surface area (Å²) < 4.78 is 62.8. The van der Waals surface area contributed by atoms with Crippen molar-refractivity contribution >= 4 is 61.3 Å². The smallest absolute Gasteiger partial charge is 0.335 e. The van der Waals surface area contributed by atoms with E-state index in [1.165, 1.54) is 76.6 Å². The normalized spacial score (nSPS) is 12.2. The monoisotopic (exact) mass is 815 g/mol. The molecule has 23 heteroatoms. The van der Waals surface area contributed by atoms with Crippen molar-refractivity contribution in [3.8, 4) is 11.8 Å². The Bertz CT molecular complexity index is 2490. The first-order chi connectivity index (χ1) is 26.3. The molecule has 0 spiro atoms. The number of benzene rings is 2. The Kier molecular flexibility index (Phi) is 13.0. The summed E-state index contributed by atoms with van der Waals surface area (Å²) in [4.78, 5) is 73.6. The van der Waals surface area contributed by atoms with Crippen molar-refractivity contribution in [1.29, 1.82) is 0 Å². The van der Waals surface area contributed by atoms with Crippen molar-refractivity contribution in [2.75, 3.05) is 51.8 Å². The molecule has 4 amide bonds. The summed E-state index contributed by atoms with van der Waals surface area (Å²) in [7, 11) is -1.02. The van der Waals surface area contributed by atoms with Gasteiger partial charge in [0.2, 0.25) is 24.1 Å². The summed E-state index contributed by atoms with van der Waals surface area (Å²) in [5, 5.41) is 11.0. The molecule has 21 nitrogen and oxygen atoms in total. The van der Waals surface area contributed by atoms with E-state index in [1.54, 1.807) is 11.6 Å². The van der Waals surface area contributed by atoms with Crippen LogP contribution in [0.2, 0.25) is 0 Å². The number of methoxy groups -OCH3 is 2. The van der Waals surface area contributed by atoms with Crippen molar-refractivity contribution < 1.29 is 50.3 Å². The second-order valence-electron chi connectivity index (χ2n) is 11.9. The van der Waals surface area contributed by atoms with Gasteiger partial charge in [0, 0.05) is 56.8 Å². The quantitative estimate of drug-likeness (QED) is 0.115. The van der Waals surface area contributed by atoms with Gasteiger partial charge in [-0.25, -0.2) is 26.4 Å². The van der Waals surface area contributed by atoms with Crippen LogP contribution >= 0.6 is 0 Å². The number of nitrogens with zero attached hydrogens (tertiary/aromatic N) is 5. The maximum absolute atomic E-state index is 12.8. The number of hydrogen-bond acceptors (Lipinski definition) is 15. The molecular formula is C33H37N9O12S2. The topological polar surface area (TPSA) is 280 Å². The number of nitrogens with one attached hydrogen (secondary N) is 4. The van der Waals surface area contributed by atoms with Crippen LogP contribution in [0.4, 0.5) is 16.4 Å². The zero-order chi connectivity index (χ0) is 41.5. The van der Waals surface area contributed by atoms with Crippen LogP contribution in [0.25, 0.3) is 0 Å². The highest BCUT2D eigenvalue weighted by molar-refractivity contribution is 7.91. The highest BCUT2D eigenvalue weighted by atomic mass is 32.2. The number of amides is 4. The number of anilines is 2. The minimum Gasteiger partial charge on any atom is -0.481 e. The predicted octanol–water partition coefficient (Wildman–Crippen LogP) is 1.06. The lowest BCUT2D eigenvalue weighted by Crippen LogP contribution is -2.36. The predicted molar refractivity (Wildman–Crippen MR) is 199 cm³/mol. The number of H-pyrrole nitrogens is 1. The van der Waals surface area contributed by atoms with Gasteiger partial charge in [-0.1, -0.05) is 5.16 Å². The Labute approximate surface area is 320 Å². The molecule has 4 N–H and O–H groups in total. The lowest BCUT2D eigenvalue weighted by Gasteiger charge is -2.16. The number of aromatic nitrogens is 4. The van der Waals surface area contributed by atoms with E-state index >= 15 is 0 Å². The number of sulfone groups is 1. The summed E-state index contributed by atoms with van der Waals surface area (Å²) in [6.45, 7) is 2.00. The number of rotatable bonds is 12. The molecule has 5 rings (SSSR count). The van der Waals surface area contributed by atoms with Crippen LogP contribution < -0.4 is 30.4 Å². The standard InChI is InChI=1S/C17H20N6O7S.C16H17N3O5S/c1-23(2)15(25)11-6-5-10(18-9-24)7-12(11)31(27,28)22-17(26)21-16-19-13(29-3)8-14(20-16)30-4;1-9-10(15(20)11-8-17-19(2)16(11)21)4-5-13(25(3,22)23)14(9)12-6-7-24-18-12/h5-9H,1-4H3,(H,18,24)(H2,19,20,21,22,26);4-5,8,17H,6-7H2,1-3H3. The average molecular weight is 816 g/mol. The molecule has 2 aromatic heterocycles. The average Bonchev–Trinajstić information content (AvgIpc) is 3.80. The fourth-order valence-corrected chi connectivity index (χ4v) is 7.23. The second kappa shape index (κ2) is 17.2. The van der Waals surface area contributed by atoms with Crippen LogP contribution in [0.5, 0.6) is 11.8 Å². The van der Waals surface area contributed by atoms with Gasteiger partial charge < -0.3 is 29.6 Å². The molecule has 298 valence electrons. The third kappa shape index (κ3) is 9.54. The fraction of sp³-hybridized carbons (Fsp3) is 0.273. The lowest BCUT2D eigenvalue weighted by atomic mass is 9.93. The number of oxime groups is 1. The largest absolute Gasteiger partial charge is 0.481 e. The van der Waals surface area contributed by atoms with Crippen molar-refractivity contribution in [3.63, 3.8) is 0 Å². The number of ketones is 1. The number of carbonyl (C=O) groups is 4. The number of sulfonamides is 1. The maximum Gasteiger partial charge on any atom is 0.335 e. The fourth-order valence-electron chi connectivity index (χ4n) is 5.15. The van der Waals surface area contributed by atoms with Gasteiger partial charge in [0.25, 0.3) is 21.5 Å². The Morgan fingerprint density at radius 2 is 1.61 bits per heavy atom. The lowest BCUT2D eigenvalue weighted by molar-refractivity contribution is -0.105. The summed E-state index contributed by atoms with van der Waals surface area (Å²) in [6, 6.07) is 6.57. The van der Waals surface area contributed by atoms with Crippen LogP contribution in [-0.2, 0) is 36.5 Å². The summed E-state index contributed by atoms with van der Waals surface area (Å²) in [5.41, 5.74) is 1.02. The van der Waals surface area contributed by atoms with Gasteiger partial charge >= 0.3 is 6.03 Å². The molecule has 0 atom stereocenters. The van der Waals surface area contributed by atoms with E-state index in [1.807, 2.05) is 0 Å². The number of carbonyl (C=O) groups excluding carboxylic acids is 4. The Balaban J connectivity index is 0.000000254. The number of aromatic amines is 1. The minimum absolute atomic E-state index is 0.00623. The van der Waals surface area contributed by atoms with E-state index in [-0.39, 0.29) is 45.0 Å². The highest BCUT2D eigenvalue weighted by Crippen LogP contribution is 2.28. The van der Waals surface area contributed by atoms with Gasteiger partial charge in [-0.15, -0.1) is 0 Å². The SMILES string of the molecule is COc1cc(OC)nc(NC(=O)NS(=O)(=O)c2cc(NC=O)ccc2C(=O)N(C)C)n1.Cc1c(C(=O)c2c[nH]n(C)c2=O)ccc(S(C)(=O)=O)c1C1=NOCC1. The molecule has 3 heterocycles. The van der Waals surface area contributed by atoms with E-state index in [2.05, 4.69) is 30.9 Å². The molecule has 4 aromatic rings. The first-order valence-electron chi connectivity index (χ1n) is 16.0. The van der Waals surface area contributed by atoms with E-state index < -0.39 is 48.0 Å². The molecule has 1 aliphatic rings. The maximum atomic E-state index is 12.8. The van der Waals surface area contributed by atoms with Crippen molar-refractivity contribution in [2.45, 2.75) is 23.1 Å². The zero-order valence-electron chi connectivity index (χ0n) is 31.0. The second-order valence-corrected chi connectivity index (χ2v) is 15.5. The van der Waals surface area contributed by atoms with Crippen molar-refractivity contribution in [3.05, 3.63) is 80.8 Å². The summed E-state index contributed by atoms with van der Waals surface area (Å²) >= 11 is 0. The van der Waals surface area contributed by atoms with Gasteiger partial charge in [-0.05, 0) is 42.8 Å². The molecular weight excluding hydrogens is 779 g/mol. The molecule has 0 aliphatic carbocycles. The van der Waals surface area contributed by atoms with Gasteiger partial charge in [-0.2, -0.15) is 9.97 Å². The van der Waals surface area contributed by atoms with Gasteiger partial charge in [0.05, 0.1) is 36.5 Å². The van der Waals surface area contributed by atoms with Crippen LogP contribution in [0.15, 0.2) is 62.3 Å². The summed E-state index contributed by atoms with van der Waals surface area (Å²) in [5.74, 6) is -1.25. The van der Waals surface area contributed by atoms with Crippen molar-refractivity contribution in [2.24, 2.45) is 12.2 Å². The van der Waals surface area contributed by atoms with Crippen LogP contribution in [0.1, 0.15) is 43.8 Å². The van der Waals surface area contributed by atoms with E-state index in [0.717, 1.165) is 17.2 Å². The van der Waals surface area contributed by atoms with E-state index in [0.29, 0.717) is 36.3 Å². The van der Waals surface area contributed by atoms with Gasteiger partial charge in [0.1, 0.15) is 17.1 Å². The first kappa shape index (κ1) is 42.1. The minimum atomic E-state index is -4.54. The van der Waals surface area contributed by atoms with E-state index in [9.17, 15) is 40.8 Å². The summed E-state index contributed by atoms with van der Waals surface area (Å²) in [6.07, 6.45) is 3.23. The van der Waals surface area contributed by atoms with E-state index in [4.69, 9.17) is 14.3 Å². The Morgan fingerprint density at radius 1 is 0.964 bits per heavy atom. The number of aryl methyl sites for hydroxylation is 1. The molecule has 1 aliphatic heterocycles. The third-order valence-corrected chi connectivity index (χ3v) is 10.3. The molecule has 0 saturated carbocycles. The zero-order valence-corrected chi connectivity index (χ0v) is 32.6. The number of urea groups is 1. The highest BCUT2D eigenvalue weighted by Gasteiger charge is 2.28. The van der Waals surface area contributed by atoms with Gasteiger partial charge in [-0.3, -0.25) is 29.2 Å². The third-order valence-electron chi connectivity index (χ3n) is 7.83. The Hall–Kier alpha value is -6.62. The number of ether oxygens (including phenoxy) is 2. The number of hydrogen-bond donors (Lipinski definition) is 4. The van der Waals surface area contributed by atoms with Crippen LogP contribution in [0.3, 0.4) is 0 Å². The Morgan fingerprint density at radius 3 is 2.12 bits per heavy atom. The molecule has 0 unspecified atom stereocenters. The van der Waals surface area contributed by atoms with Crippen LogP contribution in [0, 0.1) is 6.92 Å². The van der Waals surface area contributed by atoms with Crippen molar-refractivity contribution in [1.82, 2.24) is 29.4 Å². The molecule has 0 bridgehead atoms. The van der Waals surface area contributed by atoms with Gasteiger partial charge in [0.15, 0.2) is 15.6 Å². The molecule has 0 saturated heterocycles. The molecule has 2 aromatic carbocycles. The first-order valence-corrected chi connectivity index (χ1v) is 19.4. The molecule has 0 radical (unpaired) electrons.